The highest BCUT2D eigenvalue weighted by Gasteiger charge is 2.11. The zero-order valence-electron chi connectivity index (χ0n) is 7.40. The lowest BCUT2D eigenvalue weighted by Gasteiger charge is -2.04. The normalized spacial score (nSPS) is 9.29. The second kappa shape index (κ2) is 3.88. The second-order valence-electron chi connectivity index (χ2n) is 2.49. The maximum Gasteiger partial charge on any atom is 0.213 e. The smallest absolute Gasteiger partial charge is 0.213 e. The fourth-order valence-electron chi connectivity index (χ4n) is 0.960. The van der Waals surface area contributed by atoms with Gasteiger partial charge in [-0.3, -0.25) is 5.41 Å². The third-order valence-corrected chi connectivity index (χ3v) is 1.65. The van der Waals surface area contributed by atoms with E-state index in [1.165, 1.54) is 7.11 Å². The van der Waals surface area contributed by atoms with Gasteiger partial charge >= 0.3 is 0 Å². The molecule has 0 saturated carbocycles. The van der Waals surface area contributed by atoms with Crippen LogP contribution in [0, 0.1) is 29.4 Å². The van der Waals surface area contributed by atoms with E-state index in [2.05, 4.69) is 4.74 Å². The predicted octanol–water partition coefficient (Wildman–Crippen LogP) is 1.92. The van der Waals surface area contributed by atoms with E-state index >= 15 is 0 Å². The number of halogens is 2. The summed E-state index contributed by atoms with van der Waals surface area (Å²) in [6.45, 7) is 0. The van der Waals surface area contributed by atoms with Crippen LogP contribution in [0.2, 0.25) is 0 Å². The van der Waals surface area contributed by atoms with Crippen LogP contribution in [0.3, 0.4) is 0 Å². The fraction of sp³-hybridized carbons (Fsp3) is 0.100. The van der Waals surface area contributed by atoms with E-state index in [4.69, 9.17) is 11.8 Å². The van der Waals surface area contributed by atoms with Crippen molar-refractivity contribution in [1.82, 2.24) is 0 Å². The van der Waals surface area contributed by atoms with E-state index in [0.717, 1.165) is 12.1 Å². The average molecular weight is 195 g/mol. The molecule has 72 valence electrons. The maximum absolute atomic E-state index is 13.1. The minimum atomic E-state index is -0.871. The van der Waals surface area contributed by atoms with Gasteiger partial charge in [0.1, 0.15) is 11.6 Å². The number of methoxy groups -OCH3 is 1. The third-order valence-electron chi connectivity index (χ3n) is 1.65. The van der Waals surface area contributed by atoms with Gasteiger partial charge in [0.05, 0.1) is 12.7 Å². The van der Waals surface area contributed by atoms with E-state index in [9.17, 15) is 8.78 Å². The van der Waals surface area contributed by atoms with Crippen LogP contribution in [-0.4, -0.2) is 13.0 Å². The Labute approximate surface area is 80.0 Å². The van der Waals surface area contributed by atoms with Crippen molar-refractivity contribution in [3.63, 3.8) is 0 Å². The number of nitrogens with one attached hydrogen (secondary N) is 1. The quantitative estimate of drug-likeness (QED) is 0.414. The summed E-state index contributed by atoms with van der Waals surface area (Å²) in [7, 11) is 1.24. The lowest BCUT2D eigenvalue weighted by molar-refractivity contribution is 0.400. The predicted molar refractivity (Wildman–Crippen MR) is 48.1 cm³/mol. The highest BCUT2D eigenvalue weighted by atomic mass is 19.1. The molecule has 1 aromatic carbocycles. The van der Waals surface area contributed by atoms with Gasteiger partial charge in [0, 0.05) is 5.56 Å². The molecular formula is C10H7F2NO. The van der Waals surface area contributed by atoms with Crippen LogP contribution in [0.5, 0.6) is 0 Å². The van der Waals surface area contributed by atoms with E-state index in [1.54, 1.807) is 0 Å². The molecular weight excluding hydrogens is 188 g/mol. The van der Waals surface area contributed by atoms with Crippen molar-refractivity contribution in [1.29, 1.82) is 5.41 Å². The van der Waals surface area contributed by atoms with Crippen LogP contribution < -0.4 is 0 Å². The van der Waals surface area contributed by atoms with Crippen molar-refractivity contribution >= 4 is 5.90 Å². The van der Waals surface area contributed by atoms with Gasteiger partial charge < -0.3 is 4.74 Å². The average Bonchev–Trinajstić information content (AvgIpc) is 2.16. The second-order valence-corrected chi connectivity index (χ2v) is 2.49. The topological polar surface area (TPSA) is 33.1 Å². The molecule has 0 amide bonds. The standard InChI is InChI=1S/C10H7F2NO/c1-3-7-8(11)4-6(5-9(7)12)10(13)14-2/h1,4-5,13H,2H3. The molecule has 0 bridgehead atoms. The van der Waals surface area contributed by atoms with Crippen molar-refractivity contribution in [2.45, 2.75) is 0 Å². The first kappa shape index (κ1) is 10.2. The number of hydrogen-bond donors (Lipinski definition) is 1. The number of ether oxygens (including phenoxy) is 1. The van der Waals surface area contributed by atoms with E-state index in [0.29, 0.717) is 0 Å². The van der Waals surface area contributed by atoms with Crippen molar-refractivity contribution in [2.24, 2.45) is 0 Å². The van der Waals surface area contributed by atoms with Crippen molar-refractivity contribution in [3.8, 4) is 12.3 Å². The summed E-state index contributed by atoms with van der Waals surface area (Å²) in [5.41, 5.74) is -0.417. The lowest BCUT2D eigenvalue weighted by atomic mass is 10.1. The molecule has 0 aliphatic rings. The number of benzene rings is 1. The molecule has 0 heterocycles. The summed E-state index contributed by atoms with van der Waals surface area (Å²) in [5, 5.41) is 7.19. The Bertz CT molecular complexity index is 398. The van der Waals surface area contributed by atoms with Crippen molar-refractivity contribution < 1.29 is 13.5 Å². The first-order valence-corrected chi connectivity index (χ1v) is 3.68. The Morgan fingerprint density at radius 2 is 1.93 bits per heavy atom. The molecule has 2 nitrogen and oxygen atoms in total. The summed E-state index contributed by atoms with van der Waals surface area (Å²) in [5.74, 6) is -0.169. The molecule has 0 aromatic heterocycles. The Kier molecular flexibility index (Phi) is 2.82. The minimum Gasteiger partial charge on any atom is -0.481 e. The first-order valence-electron chi connectivity index (χ1n) is 3.68. The van der Waals surface area contributed by atoms with Gasteiger partial charge in [0.15, 0.2) is 0 Å². The summed E-state index contributed by atoms with van der Waals surface area (Å²) >= 11 is 0. The molecule has 0 fully saturated rings. The molecule has 1 aromatic rings. The molecule has 1 rings (SSSR count). The number of hydrogen-bond acceptors (Lipinski definition) is 2. The van der Waals surface area contributed by atoms with Gasteiger partial charge in [-0.05, 0) is 12.1 Å². The number of rotatable bonds is 1. The van der Waals surface area contributed by atoms with Crippen LogP contribution in [0.1, 0.15) is 11.1 Å². The monoisotopic (exact) mass is 195 g/mol. The van der Waals surface area contributed by atoms with Crippen LogP contribution in [0.15, 0.2) is 12.1 Å². The zero-order valence-corrected chi connectivity index (χ0v) is 7.40. The highest BCUT2D eigenvalue weighted by Crippen LogP contribution is 2.14. The van der Waals surface area contributed by atoms with Gasteiger partial charge in [0.2, 0.25) is 5.90 Å². The van der Waals surface area contributed by atoms with Gasteiger partial charge in [-0.15, -0.1) is 6.42 Å². The maximum atomic E-state index is 13.1. The zero-order chi connectivity index (χ0) is 10.7. The van der Waals surface area contributed by atoms with Crippen LogP contribution in [0.25, 0.3) is 0 Å². The summed E-state index contributed by atoms with van der Waals surface area (Å²) < 4.78 is 30.7. The van der Waals surface area contributed by atoms with E-state index in [-0.39, 0.29) is 11.5 Å². The van der Waals surface area contributed by atoms with Crippen LogP contribution in [-0.2, 0) is 4.74 Å². The van der Waals surface area contributed by atoms with Crippen molar-refractivity contribution in [2.75, 3.05) is 7.11 Å². The Morgan fingerprint density at radius 3 is 2.29 bits per heavy atom. The van der Waals surface area contributed by atoms with Gasteiger partial charge in [-0.25, -0.2) is 8.78 Å². The molecule has 0 aliphatic heterocycles. The summed E-state index contributed by atoms with van der Waals surface area (Å²) in [4.78, 5) is 0. The van der Waals surface area contributed by atoms with E-state index < -0.39 is 17.2 Å². The van der Waals surface area contributed by atoms with Crippen molar-refractivity contribution in [3.05, 3.63) is 34.9 Å². The molecule has 0 atom stereocenters. The van der Waals surface area contributed by atoms with Crippen LogP contribution in [0.4, 0.5) is 8.78 Å². The molecule has 0 spiro atoms. The molecule has 4 heteroatoms. The van der Waals surface area contributed by atoms with E-state index in [1.807, 2.05) is 5.92 Å². The molecule has 0 radical (unpaired) electrons. The lowest BCUT2D eigenvalue weighted by Crippen LogP contribution is -2.04. The summed E-state index contributed by atoms with van der Waals surface area (Å²) in [6, 6.07) is 1.92. The Hall–Kier alpha value is -1.89. The number of terminal acetylenes is 1. The third kappa shape index (κ3) is 1.72. The molecule has 14 heavy (non-hydrogen) atoms. The van der Waals surface area contributed by atoms with Gasteiger partial charge in [-0.1, -0.05) is 5.92 Å². The van der Waals surface area contributed by atoms with Gasteiger partial charge in [0.25, 0.3) is 0 Å². The SMILES string of the molecule is C#Cc1c(F)cc(C(=N)OC)cc1F. The molecule has 1 N–H and O–H groups in total. The Balaban J connectivity index is 3.29. The fourth-order valence-corrected chi connectivity index (χ4v) is 0.960. The first-order chi connectivity index (χ1) is 6.60. The van der Waals surface area contributed by atoms with Crippen LogP contribution >= 0.6 is 0 Å². The minimum absolute atomic E-state index is 0.0153. The summed E-state index contributed by atoms with van der Waals surface area (Å²) in [6.07, 6.45) is 4.90. The highest BCUT2D eigenvalue weighted by molar-refractivity contribution is 5.91. The molecule has 0 aliphatic carbocycles. The largest absolute Gasteiger partial charge is 0.481 e. The van der Waals surface area contributed by atoms with Gasteiger partial charge in [-0.2, -0.15) is 0 Å². The molecule has 0 saturated heterocycles. The molecule has 0 unspecified atom stereocenters. The Morgan fingerprint density at radius 1 is 1.43 bits per heavy atom.